The van der Waals surface area contributed by atoms with Gasteiger partial charge in [0, 0.05) is 14.9 Å². The third-order valence-corrected chi connectivity index (χ3v) is 4.51. The Kier molecular flexibility index (Phi) is 5.03. The molecule has 0 unspecified atom stereocenters. The molecule has 25 heavy (non-hydrogen) atoms. The molecule has 0 aliphatic carbocycles. The van der Waals surface area contributed by atoms with E-state index in [1.807, 2.05) is 18.2 Å². The second-order valence-corrected chi connectivity index (χ2v) is 6.86. The van der Waals surface area contributed by atoms with E-state index >= 15 is 0 Å². The van der Waals surface area contributed by atoms with Gasteiger partial charge in [-0.15, -0.1) is 0 Å². The number of nitrogens with one attached hydrogen (secondary N) is 2. The molecule has 0 saturated heterocycles. The summed E-state index contributed by atoms with van der Waals surface area (Å²) in [6.07, 6.45) is 0.867. The predicted octanol–water partition coefficient (Wildman–Crippen LogP) is 2.75. The van der Waals surface area contributed by atoms with Crippen LogP contribution in [0.1, 0.15) is 21.5 Å². The second-order valence-electron chi connectivity index (χ2n) is 5.61. The van der Waals surface area contributed by atoms with Crippen LogP contribution in [0.2, 0.25) is 0 Å². The van der Waals surface area contributed by atoms with Crippen LogP contribution < -0.4 is 10.6 Å². The summed E-state index contributed by atoms with van der Waals surface area (Å²) in [6, 6.07) is 11.0. The Bertz CT molecular complexity index is 879. The lowest BCUT2D eigenvalue weighted by molar-refractivity contribution is -0.115. The first-order valence-corrected chi connectivity index (χ1v) is 8.63. The van der Waals surface area contributed by atoms with Crippen LogP contribution in [0, 0.1) is 3.57 Å². The van der Waals surface area contributed by atoms with Crippen molar-refractivity contribution in [2.45, 2.75) is 12.8 Å². The minimum atomic E-state index is -0.382. The normalized spacial score (nSPS) is 13.8. The van der Waals surface area contributed by atoms with Gasteiger partial charge in [0.15, 0.2) is 0 Å². The quantitative estimate of drug-likeness (QED) is 0.517. The molecule has 2 aromatic rings. The maximum Gasteiger partial charge on any atom is 0.337 e. The first-order valence-electron chi connectivity index (χ1n) is 7.55. The summed E-state index contributed by atoms with van der Waals surface area (Å²) in [5.74, 6) is -0.323. The van der Waals surface area contributed by atoms with Crippen molar-refractivity contribution in [2.24, 2.45) is 0 Å². The summed E-state index contributed by atoms with van der Waals surface area (Å²) in [7, 11) is 1.33. The zero-order chi connectivity index (χ0) is 18.0. The van der Waals surface area contributed by atoms with Crippen molar-refractivity contribution in [1.82, 2.24) is 0 Å². The van der Waals surface area contributed by atoms with Gasteiger partial charge in [-0.25, -0.2) is 4.79 Å². The standard InChI is InChI=1S/C10H9NO3.C8H6INO/c1-14-10(13)6-2-3-8-7(4-6)5-9(12)11-8;9-6-1-2-7-5(3-6)4-8(11)10-7/h2-4H,5H2,1H3,(H,11,12);1-3H,4H2,(H,10,11). The SMILES string of the molecule is COC(=O)c1ccc2c(c1)CC(=O)N2.O=C1Cc2cc(I)ccc2N1. The Balaban J connectivity index is 0.000000150. The highest BCUT2D eigenvalue weighted by Gasteiger charge is 2.19. The average Bonchev–Trinajstić information content (AvgIpc) is 3.13. The van der Waals surface area contributed by atoms with E-state index in [4.69, 9.17) is 0 Å². The highest BCUT2D eigenvalue weighted by atomic mass is 127. The number of benzene rings is 2. The number of amides is 2. The van der Waals surface area contributed by atoms with Crippen molar-refractivity contribution in [1.29, 1.82) is 0 Å². The first kappa shape index (κ1) is 17.4. The van der Waals surface area contributed by atoms with E-state index in [-0.39, 0.29) is 17.8 Å². The summed E-state index contributed by atoms with van der Waals surface area (Å²) in [5.41, 5.74) is 4.18. The zero-order valence-corrected chi connectivity index (χ0v) is 15.5. The number of esters is 1. The molecule has 0 bridgehead atoms. The van der Waals surface area contributed by atoms with Crippen molar-refractivity contribution in [3.8, 4) is 0 Å². The molecular weight excluding hydrogens is 435 g/mol. The number of ether oxygens (including phenoxy) is 1. The molecule has 0 radical (unpaired) electrons. The molecule has 2 heterocycles. The second kappa shape index (κ2) is 7.22. The molecule has 0 aromatic heterocycles. The number of hydrogen-bond acceptors (Lipinski definition) is 4. The van der Waals surface area contributed by atoms with E-state index in [1.54, 1.807) is 18.2 Å². The van der Waals surface area contributed by atoms with Crippen molar-refractivity contribution >= 4 is 51.7 Å². The monoisotopic (exact) mass is 450 g/mol. The minimum Gasteiger partial charge on any atom is -0.465 e. The third-order valence-electron chi connectivity index (χ3n) is 3.84. The molecule has 0 spiro atoms. The van der Waals surface area contributed by atoms with Crippen LogP contribution in [0.5, 0.6) is 0 Å². The maximum absolute atomic E-state index is 11.2. The smallest absolute Gasteiger partial charge is 0.337 e. The van der Waals surface area contributed by atoms with E-state index in [9.17, 15) is 14.4 Å². The number of carbonyl (C=O) groups is 3. The van der Waals surface area contributed by atoms with Gasteiger partial charge < -0.3 is 15.4 Å². The van der Waals surface area contributed by atoms with Gasteiger partial charge in [0.25, 0.3) is 0 Å². The topological polar surface area (TPSA) is 84.5 Å². The van der Waals surface area contributed by atoms with Crippen molar-refractivity contribution in [2.75, 3.05) is 17.7 Å². The highest BCUT2D eigenvalue weighted by molar-refractivity contribution is 14.1. The molecule has 128 valence electrons. The molecule has 7 heteroatoms. The molecule has 2 aliphatic rings. The van der Waals surface area contributed by atoms with Gasteiger partial charge in [0.2, 0.25) is 11.8 Å². The van der Waals surface area contributed by atoms with E-state index < -0.39 is 0 Å². The fourth-order valence-electron chi connectivity index (χ4n) is 2.67. The number of methoxy groups -OCH3 is 1. The lowest BCUT2D eigenvalue weighted by Crippen LogP contribution is -2.03. The lowest BCUT2D eigenvalue weighted by atomic mass is 10.1. The third kappa shape index (κ3) is 3.98. The van der Waals surface area contributed by atoms with Gasteiger partial charge in [0.05, 0.1) is 25.5 Å². The van der Waals surface area contributed by atoms with Crippen LogP contribution in [0.15, 0.2) is 36.4 Å². The van der Waals surface area contributed by atoms with Gasteiger partial charge >= 0.3 is 5.97 Å². The average molecular weight is 450 g/mol. The van der Waals surface area contributed by atoms with Gasteiger partial charge in [-0.2, -0.15) is 0 Å². The van der Waals surface area contributed by atoms with Gasteiger partial charge in [-0.3, -0.25) is 9.59 Å². The van der Waals surface area contributed by atoms with Crippen molar-refractivity contribution in [3.05, 3.63) is 56.7 Å². The number of rotatable bonds is 1. The predicted molar refractivity (Wildman–Crippen MR) is 102 cm³/mol. The van der Waals surface area contributed by atoms with Crippen LogP contribution in [-0.2, 0) is 27.2 Å². The van der Waals surface area contributed by atoms with E-state index in [0.29, 0.717) is 18.4 Å². The summed E-state index contributed by atoms with van der Waals surface area (Å²) < 4.78 is 5.76. The lowest BCUT2D eigenvalue weighted by Gasteiger charge is -2.01. The molecular formula is C18H15IN2O4. The van der Waals surface area contributed by atoms with Crippen LogP contribution >= 0.6 is 22.6 Å². The number of carbonyl (C=O) groups excluding carboxylic acids is 3. The van der Waals surface area contributed by atoms with Gasteiger partial charge in [0.1, 0.15) is 0 Å². The van der Waals surface area contributed by atoms with Crippen LogP contribution in [-0.4, -0.2) is 24.9 Å². The number of fused-ring (bicyclic) bond motifs is 2. The molecule has 2 aliphatic heterocycles. The molecule has 0 fully saturated rings. The van der Waals surface area contributed by atoms with E-state index in [2.05, 4.69) is 38.0 Å². The minimum absolute atomic E-state index is 0.0398. The van der Waals surface area contributed by atoms with Gasteiger partial charge in [-0.1, -0.05) is 0 Å². The van der Waals surface area contributed by atoms with E-state index in [0.717, 1.165) is 22.5 Å². The van der Waals surface area contributed by atoms with Crippen LogP contribution in [0.3, 0.4) is 0 Å². The Morgan fingerprint density at radius 1 is 0.960 bits per heavy atom. The molecule has 2 amide bonds. The van der Waals surface area contributed by atoms with Crippen molar-refractivity contribution in [3.63, 3.8) is 0 Å². The summed E-state index contributed by atoms with van der Waals surface area (Å²) in [5, 5.41) is 5.47. The largest absolute Gasteiger partial charge is 0.465 e. The molecule has 4 rings (SSSR count). The fourth-order valence-corrected chi connectivity index (χ4v) is 3.23. The Morgan fingerprint density at radius 3 is 2.12 bits per heavy atom. The summed E-state index contributed by atoms with van der Waals surface area (Å²) >= 11 is 2.24. The molecule has 2 N–H and O–H groups in total. The Labute approximate surface area is 158 Å². The van der Waals surface area contributed by atoms with Crippen LogP contribution in [0.4, 0.5) is 11.4 Å². The Morgan fingerprint density at radius 2 is 1.52 bits per heavy atom. The molecule has 0 atom stereocenters. The number of halogens is 1. The number of anilines is 2. The molecule has 2 aromatic carbocycles. The van der Waals surface area contributed by atoms with Crippen molar-refractivity contribution < 1.29 is 19.1 Å². The van der Waals surface area contributed by atoms with Crippen LogP contribution in [0.25, 0.3) is 0 Å². The zero-order valence-electron chi connectivity index (χ0n) is 13.4. The summed E-state index contributed by atoms with van der Waals surface area (Å²) in [4.78, 5) is 33.1. The number of hydrogen-bond donors (Lipinski definition) is 2. The molecule has 6 nitrogen and oxygen atoms in total. The first-order chi connectivity index (χ1) is 12.0. The highest BCUT2D eigenvalue weighted by Crippen LogP contribution is 2.24. The molecule has 0 saturated carbocycles. The Hall–Kier alpha value is -2.42. The fraction of sp³-hybridized carbons (Fsp3) is 0.167. The maximum atomic E-state index is 11.2. The van der Waals surface area contributed by atoms with E-state index in [1.165, 1.54) is 10.7 Å². The van der Waals surface area contributed by atoms with Gasteiger partial charge in [-0.05, 0) is 70.1 Å². The summed E-state index contributed by atoms with van der Waals surface area (Å²) in [6.45, 7) is 0.